The number of fused-ring (bicyclic) bond motifs is 1. The van der Waals surface area contributed by atoms with Crippen molar-refractivity contribution in [2.24, 2.45) is 5.92 Å². The van der Waals surface area contributed by atoms with E-state index in [0.717, 1.165) is 67.0 Å². The van der Waals surface area contributed by atoms with Gasteiger partial charge in [-0.25, -0.2) is 0 Å². The number of rotatable bonds is 6. The topological polar surface area (TPSA) is 69.3 Å². The van der Waals surface area contributed by atoms with Crippen LogP contribution < -0.4 is 5.56 Å². The van der Waals surface area contributed by atoms with Gasteiger partial charge in [0.05, 0.1) is 17.8 Å². The van der Waals surface area contributed by atoms with Crippen LogP contribution in [0.3, 0.4) is 0 Å². The van der Waals surface area contributed by atoms with Gasteiger partial charge in [-0.15, -0.1) is 11.3 Å². The van der Waals surface area contributed by atoms with Crippen molar-refractivity contribution in [3.05, 3.63) is 84.2 Å². The molecule has 0 aromatic carbocycles. The molecule has 36 heavy (non-hydrogen) atoms. The smallest absolute Gasteiger partial charge is 0.255 e. The summed E-state index contributed by atoms with van der Waals surface area (Å²) in [5, 5.41) is 0. The number of amides is 1. The second kappa shape index (κ2) is 10.7. The fourth-order valence-electron chi connectivity index (χ4n) is 5.72. The fourth-order valence-corrected chi connectivity index (χ4v) is 7.18. The molecular formula is C29H36N4O2S. The van der Waals surface area contributed by atoms with Crippen molar-refractivity contribution in [2.75, 3.05) is 19.6 Å². The van der Waals surface area contributed by atoms with Crippen molar-refractivity contribution in [1.82, 2.24) is 19.8 Å². The monoisotopic (exact) mass is 504 g/mol. The van der Waals surface area contributed by atoms with Crippen molar-refractivity contribution < 1.29 is 4.79 Å². The van der Waals surface area contributed by atoms with Crippen molar-refractivity contribution in [3.63, 3.8) is 0 Å². The highest BCUT2D eigenvalue weighted by Gasteiger charge is 2.30. The molecule has 1 fully saturated rings. The molecule has 3 aromatic rings. The second-order valence-electron chi connectivity index (χ2n) is 10.5. The minimum absolute atomic E-state index is 0.0816. The summed E-state index contributed by atoms with van der Waals surface area (Å²) < 4.78 is 0. The number of aromatic amines is 1. The van der Waals surface area contributed by atoms with Crippen LogP contribution in [0, 0.1) is 26.7 Å². The average Bonchev–Trinajstić information content (AvgIpc) is 3.06. The number of aromatic nitrogens is 2. The summed E-state index contributed by atoms with van der Waals surface area (Å²) in [6.45, 7) is 10.2. The average molecular weight is 505 g/mol. The predicted octanol–water partition coefficient (Wildman–Crippen LogP) is 4.80. The Morgan fingerprint density at radius 3 is 2.61 bits per heavy atom. The summed E-state index contributed by atoms with van der Waals surface area (Å²) in [7, 11) is 0. The zero-order chi connectivity index (χ0) is 25.2. The second-order valence-corrected chi connectivity index (χ2v) is 11.7. The summed E-state index contributed by atoms with van der Waals surface area (Å²) in [4.78, 5) is 40.6. The highest BCUT2D eigenvalue weighted by molar-refractivity contribution is 7.12. The van der Waals surface area contributed by atoms with Gasteiger partial charge >= 0.3 is 0 Å². The van der Waals surface area contributed by atoms with Gasteiger partial charge in [-0.1, -0.05) is 6.07 Å². The third-order valence-corrected chi connectivity index (χ3v) is 9.16. The number of carbonyl (C=O) groups excluding carboxylic acids is 1. The third kappa shape index (κ3) is 5.32. The number of carbonyl (C=O) groups is 1. The zero-order valence-electron chi connectivity index (χ0n) is 21.6. The molecule has 0 radical (unpaired) electrons. The van der Waals surface area contributed by atoms with Gasteiger partial charge < -0.3 is 9.88 Å². The van der Waals surface area contributed by atoms with E-state index in [0.29, 0.717) is 24.6 Å². The van der Waals surface area contributed by atoms with Crippen LogP contribution >= 0.6 is 11.3 Å². The van der Waals surface area contributed by atoms with Crippen molar-refractivity contribution in [2.45, 2.75) is 66.0 Å². The van der Waals surface area contributed by atoms with Crippen molar-refractivity contribution >= 4 is 17.2 Å². The lowest BCUT2D eigenvalue weighted by molar-refractivity contribution is 0.0747. The van der Waals surface area contributed by atoms with Crippen LogP contribution in [-0.2, 0) is 25.9 Å². The van der Waals surface area contributed by atoms with E-state index < -0.39 is 0 Å². The number of hydrogen-bond donors (Lipinski definition) is 1. The first-order valence-corrected chi connectivity index (χ1v) is 13.9. The van der Waals surface area contributed by atoms with Gasteiger partial charge in [-0.2, -0.15) is 0 Å². The van der Waals surface area contributed by atoms with E-state index in [1.54, 1.807) is 0 Å². The fraction of sp³-hybridized carbons (Fsp3) is 0.483. The van der Waals surface area contributed by atoms with Crippen LogP contribution in [-0.4, -0.2) is 45.3 Å². The molecule has 0 unspecified atom stereocenters. The van der Waals surface area contributed by atoms with E-state index in [9.17, 15) is 9.59 Å². The van der Waals surface area contributed by atoms with Crippen LogP contribution in [0.5, 0.6) is 0 Å². The lowest BCUT2D eigenvalue weighted by Gasteiger charge is -2.31. The first-order valence-electron chi connectivity index (χ1n) is 13.1. The Bertz CT molecular complexity index is 1290. The van der Waals surface area contributed by atoms with Crippen LogP contribution in [0.25, 0.3) is 0 Å². The van der Waals surface area contributed by atoms with Gasteiger partial charge in [-0.05, 0) is 101 Å². The number of piperidine rings is 1. The Balaban J connectivity index is 1.26. The maximum atomic E-state index is 13.7. The van der Waals surface area contributed by atoms with E-state index in [4.69, 9.17) is 0 Å². The van der Waals surface area contributed by atoms with Crippen LogP contribution in [0.1, 0.15) is 67.5 Å². The molecule has 0 bridgehead atoms. The number of nitrogens with zero attached hydrogens (tertiary/aromatic N) is 3. The standard InChI is InChI=1S/C29H36N4O2S/c1-19-15-20(2)31-28(34)24(19)18-33-12-6-8-25-27(29(33)35)21(3)26(36-25)16-22-9-13-32(14-10-22)17-23-7-4-5-11-30-23/h4-5,7,11,15,22H,6,8-10,12-14,16-18H2,1-3H3,(H,31,34). The first kappa shape index (κ1) is 24.9. The number of thiophene rings is 1. The number of hydrogen-bond acceptors (Lipinski definition) is 5. The molecule has 2 aliphatic rings. The zero-order valence-corrected chi connectivity index (χ0v) is 22.4. The molecular weight excluding hydrogens is 468 g/mol. The lowest BCUT2D eigenvalue weighted by Crippen LogP contribution is -2.34. The molecule has 3 aromatic heterocycles. The largest absolute Gasteiger partial charge is 0.334 e. The van der Waals surface area contributed by atoms with E-state index in [2.05, 4.69) is 33.9 Å². The first-order chi connectivity index (χ1) is 17.4. The molecule has 6 nitrogen and oxygen atoms in total. The summed E-state index contributed by atoms with van der Waals surface area (Å²) in [6, 6.07) is 8.11. The van der Waals surface area contributed by atoms with Gasteiger partial charge in [0.2, 0.25) is 0 Å². The van der Waals surface area contributed by atoms with Gasteiger partial charge in [-0.3, -0.25) is 19.5 Å². The van der Waals surface area contributed by atoms with Gasteiger partial charge in [0.15, 0.2) is 0 Å². The number of nitrogens with one attached hydrogen (secondary N) is 1. The number of aryl methyl sites for hydroxylation is 3. The minimum Gasteiger partial charge on any atom is -0.334 e. The predicted molar refractivity (Wildman–Crippen MR) is 145 cm³/mol. The molecule has 190 valence electrons. The Kier molecular flexibility index (Phi) is 7.39. The van der Waals surface area contributed by atoms with E-state index >= 15 is 0 Å². The van der Waals surface area contributed by atoms with Crippen LogP contribution in [0.4, 0.5) is 0 Å². The van der Waals surface area contributed by atoms with E-state index in [1.807, 2.05) is 48.4 Å². The SMILES string of the molecule is Cc1cc(C)c(CN2CCCc3sc(CC4CCN(Cc5ccccn5)CC4)c(C)c3C2=O)c(=O)[nH]1. The molecule has 5 rings (SSSR count). The molecule has 0 saturated carbocycles. The Labute approximate surface area is 217 Å². The van der Waals surface area contributed by atoms with Crippen LogP contribution in [0.2, 0.25) is 0 Å². The summed E-state index contributed by atoms with van der Waals surface area (Å²) >= 11 is 1.85. The minimum atomic E-state index is -0.0816. The van der Waals surface area contributed by atoms with Gasteiger partial charge in [0.25, 0.3) is 11.5 Å². The molecule has 1 amide bonds. The van der Waals surface area contributed by atoms with Crippen molar-refractivity contribution in [3.8, 4) is 0 Å². The number of pyridine rings is 2. The van der Waals surface area contributed by atoms with Gasteiger partial charge in [0.1, 0.15) is 0 Å². The highest BCUT2D eigenvalue weighted by atomic mass is 32.1. The Morgan fingerprint density at radius 2 is 1.89 bits per heavy atom. The molecule has 2 aliphatic heterocycles. The maximum Gasteiger partial charge on any atom is 0.255 e. The third-order valence-electron chi connectivity index (χ3n) is 7.79. The molecule has 0 atom stereocenters. The van der Waals surface area contributed by atoms with E-state index in [1.165, 1.54) is 22.6 Å². The molecule has 7 heteroatoms. The quantitative estimate of drug-likeness (QED) is 0.524. The number of likely N-dealkylation sites (tertiary alicyclic amines) is 1. The summed E-state index contributed by atoms with van der Waals surface area (Å²) in [5.74, 6) is 0.748. The van der Waals surface area contributed by atoms with Crippen molar-refractivity contribution in [1.29, 1.82) is 0 Å². The van der Waals surface area contributed by atoms with Gasteiger partial charge in [0, 0.05) is 40.3 Å². The lowest BCUT2D eigenvalue weighted by atomic mass is 9.91. The van der Waals surface area contributed by atoms with E-state index in [-0.39, 0.29) is 11.5 Å². The molecule has 0 aliphatic carbocycles. The van der Waals surface area contributed by atoms with Crippen LogP contribution in [0.15, 0.2) is 35.3 Å². The molecule has 0 spiro atoms. The summed E-state index contributed by atoms with van der Waals surface area (Å²) in [5.41, 5.74) is 5.63. The normalized spacial score (nSPS) is 17.3. The highest BCUT2D eigenvalue weighted by Crippen LogP contribution is 2.36. The molecule has 1 saturated heterocycles. The Hall–Kier alpha value is -2.77. The molecule has 1 N–H and O–H groups in total. The number of H-pyrrole nitrogens is 1. The molecule has 5 heterocycles. The summed E-state index contributed by atoms with van der Waals surface area (Å²) in [6.07, 6.45) is 7.18. The Morgan fingerprint density at radius 1 is 1.08 bits per heavy atom. The maximum absolute atomic E-state index is 13.7.